The number of methoxy groups -OCH3 is 2. The van der Waals surface area contributed by atoms with E-state index in [0.29, 0.717) is 30.0 Å². The SMILES string of the molecule is COCCCCn1c(=O)c(C)nc2c(-c3cc(C)c(OC)cc3C)ncnc21. The van der Waals surface area contributed by atoms with Gasteiger partial charge in [-0.3, -0.25) is 9.36 Å². The fraction of sp³-hybridized carbons (Fsp3) is 0.429. The van der Waals surface area contributed by atoms with Crippen LogP contribution in [-0.2, 0) is 11.3 Å². The normalized spacial score (nSPS) is 11.2. The van der Waals surface area contributed by atoms with Crippen molar-refractivity contribution in [3.05, 3.63) is 45.6 Å². The Labute approximate surface area is 164 Å². The van der Waals surface area contributed by atoms with Crippen LogP contribution in [0.25, 0.3) is 22.4 Å². The molecular formula is C21H26N4O3. The van der Waals surface area contributed by atoms with Crippen molar-refractivity contribution >= 4 is 11.2 Å². The van der Waals surface area contributed by atoms with Crippen molar-refractivity contribution in [2.75, 3.05) is 20.8 Å². The van der Waals surface area contributed by atoms with Crippen molar-refractivity contribution < 1.29 is 9.47 Å². The van der Waals surface area contributed by atoms with Gasteiger partial charge in [0.25, 0.3) is 5.56 Å². The predicted octanol–water partition coefficient (Wildman–Crippen LogP) is 3.21. The molecule has 28 heavy (non-hydrogen) atoms. The van der Waals surface area contributed by atoms with Crippen LogP contribution in [-0.4, -0.2) is 40.3 Å². The molecular weight excluding hydrogens is 356 g/mol. The Bertz CT molecular complexity index is 1060. The average molecular weight is 382 g/mol. The summed E-state index contributed by atoms with van der Waals surface area (Å²) in [7, 11) is 3.34. The third-order valence-corrected chi connectivity index (χ3v) is 4.87. The van der Waals surface area contributed by atoms with Crippen molar-refractivity contribution in [2.45, 2.75) is 40.2 Å². The predicted molar refractivity (Wildman–Crippen MR) is 109 cm³/mol. The minimum atomic E-state index is -0.114. The van der Waals surface area contributed by atoms with Crippen molar-refractivity contribution in [2.24, 2.45) is 0 Å². The van der Waals surface area contributed by atoms with E-state index < -0.39 is 0 Å². The molecule has 148 valence electrons. The van der Waals surface area contributed by atoms with Gasteiger partial charge in [-0.15, -0.1) is 0 Å². The smallest absolute Gasteiger partial charge is 0.273 e. The molecule has 0 bridgehead atoms. The molecule has 1 aromatic carbocycles. The Hall–Kier alpha value is -2.80. The number of rotatable bonds is 7. The fourth-order valence-corrected chi connectivity index (χ4v) is 3.36. The van der Waals surface area contributed by atoms with E-state index in [2.05, 4.69) is 15.0 Å². The van der Waals surface area contributed by atoms with E-state index in [0.717, 1.165) is 41.0 Å². The van der Waals surface area contributed by atoms with Gasteiger partial charge in [0.1, 0.15) is 29.0 Å². The molecule has 0 saturated carbocycles. The third kappa shape index (κ3) is 3.75. The average Bonchev–Trinajstić information content (AvgIpc) is 2.69. The highest BCUT2D eigenvalue weighted by Gasteiger charge is 2.17. The second kappa shape index (κ2) is 8.48. The number of fused-ring (bicyclic) bond motifs is 1. The lowest BCUT2D eigenvalue weighted by Gasteiger charge is -2.14. The summed E-state index contributed by atoms with van der Waals surface area (Å²) in [6, 6.07) is 4.03. The summed E-state index contributed by atoms with van der Waals surface area (Å²) < 4.78 is 12.2. The number of nitrogens with zero attached hydrogens (tertiary/aromatic N) is 4. The Kier molecular flexibility index (Phi) is 6.04. The molecule has 0 unspecified atom stereocenters. The number of ether oxygens (including phenoxy) is 2. The number of aromatic nitrogens is 4. The molecule has 0 atom stereocenters. The van der Waals surface area contributed by atoms with E-state index in [9.17, 15) is 4.79 Å². The zero-order chi connectivity index (χ0) is 20.3. The van der Waals surface area contributed by atoms with E-state index in [1.54, 1.807) is 25.7 Å². The van der Waals surface area contributed by atoms with Gasteiger partial charge in [0.05, 0.1) is 7.11 Å². The molecule has 7 nitrogen and oxygen atoms in total. The fourth-order valence-electron chi connectivity index (χ4n) is 3.36. The van der Waals surface area contributed by atoms with Crippen molar-refractivity contribution in [1.29, 1.82) is 0 Å². The van der Waals surface area contributed by atoms with E-state index in [1.807, 2.05) is 26.0 Å². The molecule has 0 fully saturated rings. The molecule has 2 heterocycles. The first-order valence-electron chi connectivity index (χ1n) is 9.34. The highest BCUT2D eigenvalue weighted by atomic mass is 16.5. The molecule has 3 aromatic rings. The molecule has 0 spiro atoms. The van der Waals surface area contributed by atoms with E-state index >= 15 is 0 Å². The molecule has 0 amide bonds. The van der Waals surface area contributed by atoms with Gasteiger partial charge < -0.3 is 9.47 Å². The van der Waals surface area contributed by atoms with Gasteiger partial charge in [-0.1, -0.05) is 0 Å². The van der Waals surface area contributed by atoms with Crippen LogP contribution in [0.4, 0.5) is 0 Å². The minimum absolute atomic E-state index is 0.114. The highest BCUT2D eigenvalue weighted by molar-refractivity contribution is 5.88. The zero-order valence-corrected chi connectivity index (χ0v) is 17.1. The van der Waals surface area contributed by atoms with Gasteiger partial charge in [0, 0.05) is 25.8 Å². The first-order valence-corrected chi connectivity index (χ1v) is 9.34. The number of aryl methyl sites for hydroxylation is 4. The van der Waals surface area contributed by atoms with Crippen LogP contribution in [0.3, 0.4) is 0 Å². The Morgan fingerprint density at radius 3 is 2.54 bits per heavy atom. The molecule has 0 saturated heterocycles. The van der Waals surface area contributed by atoms with Crippen LogP contribution in [0.1, 0.15) is 29.7 Å². The van der Waals surface area contributed by atoms with Gasteiger partial charge in [-0.25, -0.2) is 15.0 Å². The van der Waals surface area contributed by atoms with Gasteiger partial charge >= 0.3 is 0 Å². The minimum Gasteiger partial charge on any atom is -0.496 e. The van der Waals surface area contributed by atoms with Crippen LogP contribution in [0.15, 0.2) is 23.3 Å². The summed E-state index contributed by atoms with van der Waals surface area (Å²) in [6.45, 7) is 6.98. The molecule has 7 heteroatoms. The van der Waals surface area contributed by atoms with Crippen LogP contribution in [0, 0.1) is 20.8 Å². The van der Waals surface area contributed by atoms with Crippen molar-refractivity contribution in [3.8, 4) is 17.0 Å². The lowest BCUT2D eigenvalue weighted by Crippen LogP contribution is -2.25. The highest BCUT2D eigenvalue weighted by Crippen LogP contribution is 2.31. The lowest BCUT2D eigenvalue weighted by atomic mass is 10.0. The first kappa shape index (κ1) is 19.9. The summed E-state index contributed by atoms with van der Waals surface area (Å²) in [5.74, 6) is 0.832. The summed E-state index contributed by atoms with van der Waals surface area (Å²) in [5.41, 5.74) is 5.25. The molecule has 0 radical (unpaired) electrons. The molecule has 2 aromatic heterocycles. The molecule has 0 aliphatic heterocycles. The van der Waals surface area contributed by atoms with Gasteiger partial charge in [-0.2, -0.15) is 0 Å². The quantitative estimate of drug-likeness (QED) is 0.584. The maximum Gasteiger partial charge on any atom is 0.273 e. The molecule has 3 rings (SSSR count). The first-order chi connectivity index (χ1) is 13.5. The zero-order valence-electron chi connectivity index (χ0n) is 17.1. The van der Waals surface area contributed by atoms with Crippen LogP contribution in [0.2, 0.25) is 0 Å². The van der Waals surface area contributed by atoms with Crippen LogP contribution >= 0.6 is 0 Å². The van der Waals surface area contributed by atoms with Crippen molar-refractivity contribution in [3.63, 3.8) is 0 Å². The molecule has 0 aliphatic carbocycles. The van der Waals surface area contributed by atoms with Crippen LogP contribution in [0.5, 0.6) is 5.75 Å². The number of benzene rings is 1. The summed E-state index contributed by atoms with van der Waals surface area (Å²) in [6.07, 6.45) is 3.20. The van der Waals surface area contributed by atoms with Gasteiger partial charge in [0.2, 0.25) is 0 Å². The Morgan fingerprint density at radius 1 is 1.04 bits per heavy atom. The summed E-state index contributed by atoms with van der Waals surface area (Å²) in [4.78, 5) is 26.1. The third-order valence-electron chi connectivity index (χ3n) is 4.87. The maximum absolute atomic E-state index is 12.7. The van der Waals surface area contributed by atoms with Crippen molar-refractivity contribution in [1.82, 2.24) is 19.5 Å². The monoisotopic (exact) mass is 382 g/mol. The molecule has 0 N–H and O–H groups in total. The van der Waals surface area contributed by atoms with E-state index in [-0.39, 0.29) is 5.56 Å². The maximum atomic E-state index is 12.7. The largest absolute Gasteiger partial charge is 0.496 e. The standard InChI is InChI=1S/C21H26N4O3/c1-13-11-17(28-5)14(2)10-16(13)18-19-20(23-12-22-18)25(8-6-7-9-27-4)21(26)15(3)24-19/h10-12H,6-9H2,1-5H3. The van der Waals surface area contributed by atoms with E-state index in [1.165, 1.54) is 6.33 Å². The second-order valence-electron chi connectivity index (χ2n) is 6.89. The van der Waals surface area contributed by atoms with Gasteiger partial charge in [-0.05, 0) is 56.9 Å². The lowest BCUT2D eigenvalue weighted by molar-refractivity contribution is 0.191. The number of hydrogen-bond acceptors (Lipinski definition) is 6. The van der Waals surface area contributed by atoms with E-state index in [4.69, 9.17) is 9.47 Å². The Balaban J connectivity index is 2.17. The van der Waals surface area contributed by atoms with Gasteiger partial charge in [0.15, 0.2) is 5.65 Å². The Morgan fingerprint density at radius 2 is 1.82 bits per heavy atom. The summed E-state index contributed by atoms with van der Waals surface area (Å²) >= 11 is 0. The summed E-state index contributed by atoms with van der Waals surface area (Å²) in [5, 5.41) is 0. The number of hydrogen-bond donors (Lipinski definition) is 0. The topological polar surface area (TPSA) is 79.1 Å². The van der Waals surface area contributed by atoms with Crippen LogP contribution < -0.4 is 10.3 Å². The molecule has 0 aliphatic rings. The second-order valence-corrected chi connectivity index (χ2v) is 6.89. The number of unbranched alkanes of at least 4 members (excludes halogenated alkanes) is 1.